The number of nitrogens with two attached hydrogens (primary N) is 1. The Morgan fingerprint density at radius 2 is 1.90 bits per heavy atom. The zero-order chi connectivity index (χ0) is 15.0. The number of nitrogen functional groups attached to an aromatic ring is 1. The Morgan fingerprint density at radius 3 is 2.45 bits per heavy atom. The lowest BCUT2D eigenvalue weighted by Gasteiger charge is -2.20. The summed E-state index contributed by atoms with van der Waals surface area (Å²) in [6.07, 6.45) is 0.706. The highest BCUT2D eigenvalue weighted by Gasteiger charge is 2.20. The van der Waals surface area contributed by atoms with Crippen LogP contribution >= 0.6 is 0 Å². The SMILES string of the molecule is CCCN(CCO)S(=O)(=O)CCOc1ccc(N)cc1. The van der Waals surface area contributed by atoms with Gasteiger partial charge in [-0.15, -0.1) is 0 Å². The van der Waals surface area contributed by atoms with E-state index in [-0.39, 0.29) is 25.5 Å². The van der Waals surface area contributed by atoms with Crippen molar-refractivity contribution in [3.63, 3.8) is 0 Å². The van der Waals surface area contributed by atoms with E-state index in [1.54, 1.807) is 24.3 Å². The fourth-order valence-corrected chi connectivity index (χ4v) is 3.08. The van der Waals surface area contributed by atoms with Crippen LogP contribution in [0.25, 0.3) is 0 Å². The fraction of sp³-hybridized carbons (Fsp3) is 0.538. The second-order valence-electron chi connectivity index (χ2n) is 4.36. The van der Waals surface area contributed by atoms with Crippen molar-refractivity contribution in [2.75, 3.05) is 37.8 Å². The molecule has 1 rings (SSSR count). The smallest absolute Gasteiger partial charge is 0.217 e. The van der Waals surface area contributed by atoms with Gasteiger partial charge in [-0.2, -0.15) is 4.31 Å². The highest BCUT2D eigenvalue weighted by atomic mass is 32.2. The monoisotopic (exact) mass is 302 g/mol. The van der Waals surface area contributed by atoms with Crippen molar-refractivity contribution in [3.05, 3.63) is 24.3 Å². The van der Waals surface area contributed by atoms with Gasteiger partial charge in [-0.25, -0.2) is 8.42 Å². The molecule has 0 saturated heterocycles. The van der Waals surface area contributed by atoms with Crippen molar-refractivity contribution >= 4 is 15.7 Å². The van der Waals surface area contributed by atoms with Gasteiger partial charge in [0.05, 0.1) is 12.4 Å². The summed E-state index contributed by atoms with van der Waals surface area (Å²) in [7, 11) is -3.40. The van der Waals surface area contributed by atoms with Crippen molar-refractivity contribution in [3.8, 4) is 5.75 Å². The molecule has 0 atom stereocenters. The third-order valence-corrected chi connectivity index (χ3v) is 4.54. The highest BCUT2D eigenvalue weighted by Crippen LogP contribution is 2.13. The van der Waals surface area contributed by atoms with Gasteiger partial charge in [-0.05, 0) is 30.7 Å². The number of aliphatic hydroxyl groups is 1. The summed E-state index contributed by atoms with van der Waals surface area (Å²) in [6, 6.07) is 6.77. The second-order valence-corrected chi connectivity index (χ2v) is 6.44. The summed E-state index contributed by atoms with van der Waals surface area (Å²) < 4.78 is 30.8. The molecule has 0 aliphatic carbocycles. The minimum atomic E-state index is -3.40. The van der Waals surface area contributed by atoms with Gasteiger partial charge in [0.2, 0.25) is 10.0 Å². The maximum Gasteiger partial charge on any atom is 0.217 e. The lowest BCUT2D eigenvalue weighted by Crippen LogP contribution is -2.37. The van der Waals surface area contributed by atoms with Crippen molar-refractivity contribution in [1.82, 2.24) is 4.31 Å². The Bertz CT molecular complexity index is 482. The number of hydrogen-bond donors (Lipinski definition) is 2. The number of ether oxygens (including phenoxy) is 1. The molecule has 0 spiro atoms. The highest BCUT2D eigenvalue weighted by molar-refractivity contribution is 7.89. The normalized spacial score (nSPS) is 11.8. The van der Waals surface area contributed by atoms with E-state index in [2.05, 4.69) is 0 Å². The van der Waals surface area contributed by atoms with E-state index in [4.69, 9.17) is 15.6 Å². The number of nitrogens with zero attached hydrogens (tertiary/aromatic N) is 1. The first kappa shape index (κ1) is 16.7. The molecule has 20 heavy (non-hydrogen) atoms. The van der Waals surface area contributed by atoms with Gasteiger partial charge in [0.15, 0.2) is 0 Å². The average molecular weight is 302 g/mol. The molecular formula is C13H22N2O4S. The van der Waals surface area contributed by atoms with Crippen LogP contribution in [0.1, 0.15) is 13.3 Å². The largest absolute Gasteiger partial charge is 0.492 e. The molecule has 0 fully saturated rings. The first-order valence-electron chi connectivity index (χ1n) is 6.56. The van der Waals surface area contributed by atoms with Gasteiger partial charge in [0.1, 0.15) is 12.4 Å². The van der Waals surface area contributed by atoms with E-state index in [1.165, 1.54) is 4.31 Å². The van der Waals surface area contributed by atoms with Crippen molar-refractivity contribution in [2.45, 2.75) is 13.3 Å². The topological polar surface area (TPSA) is 92.9 Å². The number of rotatable bonds is 9. The third kappa shape index (κ3) is 5.36. The molecule has 1 aromatic carbocycles. The van der Waals surface area contributed by atoms with E-state index in [9.17, 15) is 8.42 Å². The molecular weight excluding hydrogens is 280 g/mol. The second kappa shape index (κ2) is 8.08. The van der Waals surface area contributed by atoms with Crippen LogP contribution in [0.4, 0.5) is 5.69 Å². The molecule has 0 heterocycles. The average Bonchev–Trinajstić information content (AvgIpc) is 2.41. The van der Waals surface area contributed by atoms with Crippen LogP contribution in [0.2, 0.25) is 0 Å². The number of anilines is 1. The summed E-state index contributed by atoms with van der Waals surface area (Å²) in [4.78, 5) is 0. The van der Waals surface area contributed by atoms with Crippen LogP contribution in [0, 0.1) is 0 Å². The number of benzene rings is 1. The summed E-state index contributed by atoms with van der Waals surface area (Å²) in [5.74, 6) is 0.468. The lowest BCUT2D eigenvalue weighted by molar-refractivity contribution is 0.252. The van der Waals surface area contributed by atoms with E-state index in [1.807, 2.05) is 6.92 Å². The first-order chi connectivity index (χ1) is 9.49. The minimum absolute atomic E-state index is 0.0674. The van der Waals surface area contributed by atoms with E-state index >= 15 is 0 Å². The fourth-order valence-electron chi connectivity index (χ4n) is 1.71. The first-order valence-corrected chi connectivity index (χ1v) is 8.17. The predicted molar refractivity (Wildman–Crippen MR) is 79.1 cm³/mol. The third-order valence-electron chi connectivity index (χ3n) is 2.71. The Morgan fingerprint density at radius 1 is 1.25 bits per heavy atom. The molecule has 114 valence electrons. The molecule has 7 heteroatoms. The maximum atomic E-state index is 12.1. The van der Waals surface area contributed by atoms with Gasteiger partial charge in [0.25, 0.3) is 0 Å². The molecule has 0 bridgehead atoms. The van der Waals surface area contributed by atoms with Crippen LogP contribution in [-0.4, -0.2) is 49.9 Å². The lowest BCUT2D eigenvalue weighted by atomic mass is 10.3. The van der Waals surface area contributed by atoms with Crippen LogP contribution in [-0.2, 0) is 10.0 Å². The van der Waals surface area contributed by atoms with Crippen LogP contribution < -0.4 is 10.5 Å². The standard InChI is InChI=1S/C13H22N2O4S/c1-2-7-15(8-9-16)20(17,18)11-10-19-13-5-3-12(14)4-6-13/h3-6,16H,2,7-11,14H2,1H3. The van der Waals surface area contributed by atoms with Gasteiger partial charge >= 0.3 is 0 Å². The quantitative estimate of drug-likeness (QED) is 0.654. The van der Waals surface area contributed by atoms with Gasteiger partial charge in [-0.1, -0.05) is 6.92 Å². The molecule has 0 aliphatic heterocycles. The Labute approximate surface area is 120 Å². The van der Waals surface area contributed by atoms with Crippen molar-refractivity contribution < 1.29 is 18.3 Å². The zero-order valence-corrected chi connectivity index (χ0v) is 12.5. The van der Waals surface area contributed by atoms with Crippen LogP contribution in [0.3, 0.4) is 0 Å². The van der Waals surface area contributed by atoms with Gasteiger partial charge in [0, 0.05) is 18.8 Å². The van der Waals surface area contributed by atoms with Crippen molar-refractivity contribution in [2.24, 2.45) is 0 Å². The predicted octanol–water partition coefficient (Wildman–Crippen LogP) is 0.682. The van der Waals surface area contributed by atoms with E-state index in [0.29, 0.717) is 24.4 Å². The van der Waals surface area contributed by atoms with Gasteiger partial charge < -0.3 is 15.6 Å². The Balaban J connectivity index is 2.51. The number of sulfonamides is 1. The molecule has 0 unspecified atom stereocenters. The van der Waals surface area contributed by atoms with Crippen LogP contribution in [0.15, 0.2) is 24.3 Å². The Hall–Kier alpha value is -1.31. The molecule has 0 aliphatic rings. The number of aliphatic hydroxyl groups excluding tert-OH is 1. The molecule has 3 N–H and O–H groups in total. The van der Waals surface area contributed by atoms with Gasteiger partial charge in [-0.3, -0.25) is 0 Å². The summed E-state index contributed by atoms with van der Waals surface area (Å²) in [5, 5.41) is 8.91. The summed E-state index contributed by atoms with van der Waals surface area (Å²) in [6.45, 7) is 2.31. The molecule has 0 aromatic heterocycles. The molecule has 0 radical (unpaired) electrons. The molecule has 1 aromatic rings. The van der Waals surface area contributed by atoms with Crippen LogP contribution in [0.5, 0.6) is 5.75 Å². The summed E-state index contributed by atoms with van der Waals surface area (Å²) >= 11 is 0. The number of hydrogen-bond acceptors (Lipinski definition) is 5. The molecule has 0 saturated carbocycles. The Kier molecular flexibility index (Phi) is 6.77. The van der Waals surface area contributed by atoms with E-state index in [0.717, 1.165) is 0 Å². The molecule has 6 nitrogen and oxygen atoms in total. The summed E-state index contributed by atoms with van der Waals surface area (Å²) in [5.41, 5.74) is 6.18. The molecule has 0 amide bonds. The van der Waals surface area contributed by atoms with Crippen molar-refractivity contribution in [1.29, 1.82) is 0 Å². The van der Waals surface area contributed by atoms with E-state index < -0.39 is 10.0 Å². The maximum absolute atomic E-state index is 12.1. The minimum Gasteiger partial charge on any atom is -0.492 e. The zero-order valence-electron chi connectivity index (χ0n) is 11.7.